The molecular weight excluding hydrogens is 1110 g/mol. The maximum Gasteiger partial charge on any atom is 0.261 e. The van der Waals surface area contributed by atoms with Crippen molar-refractivity contribution in [1.82, 2.24) is 39.5 Å². The number of aliphatic imine (C=N–C) groups is 1. The molecule has 4 aromatic carbocycles. The van der Waals surface area contributed by atoms with Gasteiger partial charge in [-0.25, -0.2) is 33.7 Å². The summed E-state index contributed by atoms with van der Waals surface area (Å²) in [6, 6.07) is 40.0. The van der Waals surface area contributed by atoms with Crippen LogP contribution in [-0.4, -0.2) is 57.0 Å². The minimum Gasteiger partial charge on any atom is -0.437 e. The van der Waals surface area contributed by atoms with Gasteiger partial charge in [0.25, 0.3) is 11.8 Å². The average Bonchev–Trinajstić information content (AvgIpc) is 4.65. The second-order valence-corrected chi connectivity index (χ2v) is 19.7. The molecule has 0 unspecified atom stereocenters. The van der Waals surface area contributed by atoms with Gasteiger partial charge in [-0.3, -0.25) is 28.5 Å². The molecule has 0 atom stereocenters. The Morgan fingerprint density at radius 3 is 1.41 bits per heavy atom. The topological polar surface area (TPSA) is 236 Å². The van der Waals surface area contributed by atoms with Gasteiger partial charge >= 0.3 is 0 Å². The van der Waals surface area contributed by atoms with E-state index in [1.54, 1.807) is 45.9 Å². The molecule has 2 aliphatic carbocycles. The van der Waals surface area contributed by atoms with Crippen molar-refractivity contribution in [3.63, 3.8) is 0 Å². The van der Waals surface area contributed by atoms with E-state index in [2.05, 4.69) is 40.8 Å². The smallest absolute Gasteiger partial charge is 0.261 e. The third-order valence-electron chi connectivity index (χ3n) is 12.9. The Kier molecular flexibility index (Phi) is 15.9. The lowest BCUT2D eigenvalue weighted by molar-refractivity contribution is 0.101. The molecule has 0 aliphatic heterocycles. The van der Waals surface area contributed by atoms with Gasteiger partial charge in [-0.1, -0.05) is 83.9 Å². The number of hydrogen-bond acceptors (Lipinski definition) is 14. The summed E-state index contributed by atoms with van der Waals surface area (Å²) in [5.74, 6) is -0.698. The Labute approximate surface area is 480 Å². The SMILES string of the molecule is Nc1nccc(Oc2ccc(NC(=O)c3cn(C4CC4)nc(-c4ccc(F)cc4)c3=O)cn2)c1Cl.O=C(Nc1ccc(Oc2ccnc(N=C(c3ccccc3)c3ccccc3)c2Cl)nc1)c1cn(C2CC2)nc(-c2ccc(F)cc2)c1=O. The van der Waals surface area contributed by atoms with Gasteiger partial charge in [-0.2, -0.15) is 10.2 Å². The molecule has 0 spiro atoms. The lowest BCUT2D eigenvalue weighted by Crippen LogP contribution is -2.26. The van der Waals surface area contributed by atoms with Crippen molar-refractivity contribution in [3.05, 3.63) is 247 Å². The van der Waals surface area contributed by atoms with Crippen LogP contribution in [0.2, 0.25) is 10.0 Å². The van der Waals surface area contributed by atoms with Crippen molar-refractivity contribution in [1.29, 1.82) is 0 Å². The van der Waals surface area contributed by atoms with Crippen LogP contribution in [0, 0.1) is 11.6 Å². The normalized spacial score (nSPS) is 12.5. The van der Waals surface area contributed by atoms with E-state index in [9.17, 15) is 28.0 Å². The molecule has 22 heteroatoms. The molecule has 2 aliphatic rings. The van der Waals surface area contributed by atoms with Gasteiger partial charge in [0.15, 0.2) is 17.3 Å². The highest BCUT2D eigenvalue weighted by atomic mass is 35.5. The number of nitrogens with one attached hydrogen (secondary N) is 2. The van der Waals surface area contributed by atoms with E-state index in [1.807, 2.05) is 60.7 Å². The maximum absolute atomic E-state index is 13.5. The molecule has 2 fully saturated rings. The van der Waals surface area contributed by atoms with Crippen LogP contribution in [0.3, 0.4) is 0 Å². The number of hydrogen-bond donors (Lipinski definition) is 3. The largest absolute Gasteiger partial charge is 0.437 e. The number of benzene rings is 4. The number of aromatic nitrogens is 8. The molecule has 2 saturated carbocycles. The predicted octanol–water partition coefficient (Wildman–Crippen LogP) is 12.5. The molecule has 83 heavy (non-hydrogen) atoms. The number of halogens is 4. The van der Waals surface area contributed by atoms with E-state index < -0.39 is 34.3 Å². The zero-order valence-electron chi connectivity index (χ0n) is 43.4. The molecule has 12 rings (SSSR count). The van der Waals surface area contributed by atoms with Crippen LogP contribution >= 0.6 is 23.2 Å². The lowest BCUT2D eigenvalue weighted by Gasteiger charge is -2.12. The van der Waals surface area contributed by atoms with Crippen LogP contribution in [0.4, 0.5) is 31.8 Å². The van der Waals surface area contributed by atoms with Gasteiger partial charge in [-0.05, 0) is 86.3 Å². The Hall–Kier alpha value is -10.3. The number of anilines is 3. The number of nitrogens with two attached hydrogens (primary N) is 1. The van der Waals surface area contributed by atoms with E-state index in [1.165, 1.54) is 85.6 Å². The molecule has 18 nitrogen and oxygen atoms in total. The van der Waals surface area contributed by atoms with Gasteiger partial charge in [0, 0.05) is 71.3 Å². The van der Waals surface area contributed by atoms with Crippen LogP contribution < -0.4 is 36.7 Å². The Balaban J connectivity index is 0.000000183. The van der Waals surface area contributed by atoms with E-state index >= 15 is 0 Å². The highest BCUT2D eigenvalue weighted by molar-refractivity contribution is 6.34. The van der Waals surface area contributed by atoms with Gasteiger partial charge in [0.1, 0.15) is 50.0 Å². The summed E-state index contributed by atoms with van der Waals surface area (Å²) in [6.45, 7) is 0. The van der Waals surface area contributed by atoms with Crippen LogP contribution in [0.15, 0.2) is 197 Å². The van der Waals surface area contributed by atoms with E-state index in [4.69, 9.17) is 43.4 Å². The highest BCUT2D eigenvalue weighted by Crippen LogP contribution is 2.38. The third kappa shape index (κ3) is 13.0. The number of nitrogens with zero attached hydrogens (tertiary/aromatic N) is 9. The summed E-state index contributed by atoms with van der Waals surface area (Å²) in [4.78, 5) is 74.3. The summed E-state index contributed by atoms with van der Waals surface area (Å²) in [6.07, 6.45) is 12.3. The fourth-order valence-electron chi connectivity index (χ4n) is 8.32. The van der Waals surface area contributed by atoms with Crippen molar-refractivity contribution in [2.75, 3.05) is 16.4 Å². The molecule has 6 aromatic heterocycles. The number of rotatable bonds is 15. The predicted molar refractivity (Wildman–Crippen MR) is 310 cm³/mol. The zero-order valence-corrected chi connectivity index (χ0v) is 44.9. The molecule has 2 amide bonds. The quantitative estimate of drug-likeness (QED) is 0.0811. The summed E-state index contributed by atoms with van der Waals surface area (Å²) >= 11 is 12.8. The van der Waals surface area contributed by atoms with E-state index in [0.717, 1.165) is 36.8 Å². The van der Waals surface area contributed by atoms with Crippen molar-refractivity contribution in [3.8, 4) is 45.8 Å². The molecule has 412 valence electrons. The second kappa shape index (κ2) is 24.2. The molecule has 0 saturated heterocycles. The molecule has 10 aromatic rings. The fraction of sp³-hybridized carbons (Fsp3) is 0.0984. The number of ether oxygens (including phenoxy) is 2. The van der Waals surface area contributed by atoms with Crippen molar-refractivity contribution in [2.45, 2.75) is 37.8 Å². The Morgan fingerprint density at radius 2 is 0.988 bits per heavy atom. The second-order valence-electron chi connectivity index (χ2n) is 18.9. The Morgan fingerprint density at radius 1 is 0.554 bits per heavy atom. The lowest BCUT2D eigenvalue weighted by atomic mass is 10.0. The number of carbonyl (C=O) groups excluding carboxylic acids is 2. The first-order chi connectivity index (χ1) is 40.3. The summed E-state index contributed by atoms with van der Waals surface area (Å²) < 4.78 is 41.7. The van der Waals surface area contributed by atoms with E-state index in [-0.39, 0.29) is 73.8 Å². The number of carbonyl (C=O) groups is 2. The number of amides is 2. The molecule has 0 bridgehead atoms. The standard InChI is InChI=1S/C37H26ClFN6O3.C24H18ClFN6O3/c38-32-30(19-20-40-36(32)43-33(23-7-3-1-4-8-23)24-9-5-2-6-10-24)48-31-18-15-27(21-41-31)42-37(47)29-22-45(28-16-17-28)44-34(35(29)46)25-11-13-26(39)14-12-25;25-20-18(9-10-28-23(20)27)35-19-8-5-15(11-29-19)30-24(34)17-12-32(16-6-7-16)31-21(22(17)33)13-1-3-14(26)4-2-13/h1-15,18-22,28H,16-17H2,(H,42,47);1-5,8-12,16H,6-7H2,(H2,27,28)(H,30,34). The molecular formula is C61H44Cl2F2N12O6. The average molecular weight is 1150 g/mol. The van der Waals surface area contributed by atoms with Crippen molar-refractivity contribution >= 4 is 63.7 Å². The van der Waals surface area contributed by atoms with Gasteiger partial charge < -0.3 is 25.8 Å². The van der Waals surface area contributed by atoms with Crippen LogP contribution in [0.25, 0.3) is 22.5 Å². The summed E-state index contributed by atoms with van der Waals surface area (Å²) in [5, 5.41) is 14.6. The summed E-state index contributed by atoms with van der Waals surface area (Å²) in [7, 11) is 0. The Bertz CT molecular complexity index is 4150. The van der Waals surface area contributed by atoms with Crippen molar-refractivity contribution in [2.24, 2.45) is 4.99 Å². The number of nitrogen functional groups attached to an aromatic ring is 1. The first-order valence-electron chi connectivity index (χ1n) is 25.7. The zero-order chi connectivity index (χ0) is 57.6. The van der Waals surface area contributed by atoms with Crippen LogP contribution in [0.5, 0.6) is 23.3 Å². The van der Waals surface area contributed by atoms with Gasteiger partial charge in [0.05, 0.1) is 41.6 Å². The number of pyridine rings is 4. The molecule has 0 radical (unpaired) electrons. The molecule has 4 N–H and O–H groups in total. The van der Waals surface area contributed by atoms with Crippen LogP contribution in [-0.2, 0) is 0 Å². The first-order valence-corrected chi connectivity index (χ1v) is 26.5. The van der Waals surface area contributed by atoms with Crippen LogP contribution in [0.1, 0.15) is 69.6 Å². The van der Waals surface area contributed by atoms with Gasteiger partial charge in [-0.15, -0.1) is 0 Å². The minimum absolute atomic E-state index is 0.0778. The summed E-state index contributed by atoms with van der Waals surface area (Å²) in [5.41, 5.74) is 8.60. The maximum atomic E-state index is 13.5. The highest BCUT2D eigenvalue weighted by Gasteiger charge is 2.29. The first kappa shape index (κ1) is 54.6. The monoisotopic (exact) mass is 1150 g/mol. The van der Waals surface area contributed by atoms with E-state index in [0.29, 0.717) is 34.0 Å². The third-order valence-corrected chi connectivity index (χ3v) is 13.6. The molecule has 6 heterocycles. The fourth-order valence-corrected chi connectivity index (χ4v) is 8.67. The minimum atomic E-state index is -0.622. The van der Waals surface area contributed by atoms with Gasteiger partial charge in [0.2, 0.25) is 22.6 Å². The van der Waals surface area contributed by atoms with Crippen molar-refractivity contribution < 1.29 is 27.8 Å².